The van der Waals surface area contributed by atoms with E-state index >= 15 is 0 Å². The van der Waals surface area contributed by atoms with Gasteiger partial charge in [-0.1, -0.05) is 25.7 Å². The molecule has 0 unspecified atom stereocenters. The van der Waals surface area contributed by atoms with E-state index in [0.717, 1.165) is 24.6 Å². The standard InChI is InChI=1S/C18H25N5O3/c1-12-9-14(24)15(26-2)10-23(12)11-17(25)20-18-19-16(21-22-18)8-7-13-5-3-4-6-13/h9-10,13H,3-8,11H2,1-2H3,(H2,19,20,21,22,25). The van der Waals surface area contributed by atoms with Gasteiger partial charge in [-0.2, -0.15) is 4.98 Å². The van der Waals surface area contributed by atoms with Crippen molar-refractivity contribution in [1.29, 1.82) is 0 Å². The summed E-state index contributed by atoms with van der Waals surface area (Å²) >= 11 is 0. The number of amides is 1. The van der Waals surface area contributed by atoms with Crippen LogP contribution in [-0.2, 0) is 17.8 Å². The maximum atomic E-state index is 12.3. The predicted octanol–water partition coefficient (Wildman–Crippen LogP) is 2.04. The first-order chi connectivity index (χ1) is 12.5. The van der Waals surface area contributed by atoms with Crippen LogP contribution in [0.3, 0.4) is 0 Å². The Morgan fingerprint density at radius 1 is 1.42 bits per heavy atom. The molecule has 1 aliphatic carbocycles. The number of aromatic amines is 1. The van der Waals surface area contributed by atoms with E-state index in [0.29, 0.717) is 5.69 Å². The van der Waals surface area contributed by atoms with Crippen molar-refractivity contribution >= 4 is 11.9 Å². The minimum absolute atomic E-state index is 0.0500. The Hall–Kier alpha value is -2.64. The first kappa shape index (κ1) is 18.2. The van der Waals surface area contributed by atoms with Gasteiger partial charge in [-0.05, 0) is 19.3 Å². The quantitative estimate of drug-likeness (QED) is 0.788. The number of carbonyl (C=O) groups excluding carboxylic acids is 1. The number of anilines is 1. The number of hydrogen-bond donors (Lipinski definition) is 2. The lowest BCUT2D eigenvalue weighted by Crippen LogP contribution is -2.22. The number of hydrogen-bond acceptors (Lipinski definition) is 5. The summed E-state index contributed by atoms with van der Waals surface area (Å²) in [6, 6.07) is 1.44. The van der Waals surface area contributed by atoms with Gasteiger partial charge >= 0.3 is 0 Å². The van der Waals surface area contributed by atoms with Crippen LogP contribution in [0.25, 0.3) is 0 Å². The monoisotopic (exact) mass is 359 g/mol. The highest BCUT2D eigenvalue weighted by atomic mass is 16.5. The number of aromatic nitrogens is 4. The van der Waals surface area contributed by atoms with Crippen LogP contribution in [-0.4, -0.2) is 32.8 Å². The van der Waals surface area contributed by atoms with Crippen molar-refractivity contribution < 1.29 is 9.53 Å². The Kier molecular flexibility index (Phi) is 5.70. The van der Waals surface area contributed by atoms with Crippen molar-refractivity contribution in [3.05, 3.63) is 34.0 Å². The topological polar surface area (TPSA) is 102 Å². The van der Waals surface area contributed by atoms with Crippen molar-refractivity contribution in [2.45, 2.75) is 52.0 Å². The van der Waals surface area contributed by atoms with Gasteiger partial charge in [0.25, 0.3) is 0 Å². The van der Waals surface area contributed by atoms with Crippen LogP contribution in [0.5, 0.6) is 5.75 Å². The molecule has 1 aliphatic rings. The van der Waals surface area contributed by atoms with Crippen LogP contribution in [0.15, 0.2) is 17.1 Å². The fourth-order valence-electron chi connectivity index (χ4n) is 3.40. The Labute approximate surface area is 152 Å². The molecule has 0 atom stereocenters. The molecule has 8 nitrogen and oxygen atoms in total. The number of pyridine rings is 1. The summed E-state index contributed by atoms with van der Waals surface area (Å²) in [6.45, 7) is 1.82. The average Bonchev–Trinajstić information content (AvgIpc) is 3.27. The molecular weight excluding hydrogens is 334 g/mol. The highest BCUT2D eigenvalue weighted by Gasteiger charge is 2.16. The van der Waals surface area contributed by atoms with Gasteiger partial charge in [0, 0.05) is 18.2 Å². The highest BCUT2D eigenvalue weighted by molar-refractivity contribution is 5.88. The van der Waals surface area contributed by atoms with Gasteiger partial charge in [-0.25, -0.2) is 0 Å². The first-order valence-electron chi connectivity index (χ1n) is 9.01. The highest BCUT2D eigenvalue weighted by Crippen LogP contribution is 2.28. The Morgan fingerprint density at radius 3 is 2.92 bits per heavy atom. The van der Waals surface area contributed by atoms with Gasteiger partial charge in [-0.3, -0.25) is 20.0 Å². The summed E-state index contributed by atoms with van der Waals surface area (Å²) in [5.74, 6) is 1.81. The Bertz CT molecular complexity index is 820. The van der Waals surface area contributed by atoms with Gasteiger partial charge in [0.05, 0.1) is 13.3 Å². The second kappa shape index (κ2) is 8.16. The molecule has 1 amide bonds. The van der Waals surface area contributed by atoms with Crippen molar-refractivity contribution in [1.82, 2.24) is 19.7 Å². The summed E-state index contributed by atoms with van der Waals surface area (Å²) in [4.78, 5) is 28.3. The largest absolute Gasteiger partial charge is 0.491 e. The summed E-state index contributed by atoms with van der Waals surface area (Å²) in [7, 11) is 1.43. The molecular formula is C18H25N5O3. The van der Waals surface area contributed by atoms with Gasteiger partial charge in [0.15, 0.2) is 5.75 Å². The molecule has 2 aromatic rings. The van der Waals surface area contributed by atoms with E-state index in [1.54, 1.807) is 11.5 Å². The molecule has 0 radical (unpaired) electrons. The van der Waals surface area contributed by atoms with E-state index in [9.17, 15) is 9.59 Å². The lowest BCUT2D eigenvalue weighted by atomic mass is 10.0. The first-order valence-corrected chi connectivity index (χ1v) is 9.01. The molecule has 3 rings (SSSR count). The molecule has 0 bridgehead atoms. The van der Waals surface area contributed by atoms with Crippen LogP contribution in [0.2, 0.25) is 0 Å². The molecule has 2 heterocycles. The van der Waals surface area contributed by atoms with E-state index in [-0.39, 0.29) is 29.6 Å². The zero-order chi connectivity index (χ0) is 18.5. The Morgan fingerprint density at radius 2 is 2.19 bits per heavy atom. The van der Waals surface area contributed by atoms with Gasteiger partial charge < -0.3 is 9.30 Å². The van der Waals surface area contributed by atoms with Crippen molar-refractivity contribution in [2.24, 2.45) is 5.92 Å². The summed E-state index contributed by atoms with van der Waals surface area (Å²) in [5, 5.41) is 9.64. The van der Waals surface area contributed by atoms with Crippen molar-refractivity contribution in [3.63, 3.8) is 0 Å². The summed E-state index contributed by atoms with van der Waals surface area (Å²) in [5.41, 5.74) is 0.473. The van der Waals surface area contributed by atoms with Gasteiger partial charge in [-0.15, -0.1) is 5.10 Å². The van der Waals surface area contributed by atoms with Crippen molar-refractivity contribution in [3.8, 4) is 5.75 Å². The lowest BCUT2D eigenvalue weighted by molar-refractivity contribution is -0.116. The molecule has 1 saturated carbocycles. The number of nitrogens with zero attached hydrogens (tertiary/aromatic N) is 3. The molecule has 1 fully saturated rings. The molecule has 26 heavy (non-hydrogen) atoms. The van der Waals surface area contributed by atoms with Crippen LogP contribution < -0.4 is 15.5 Å². The third-order valence-corrected chi connectivity index (χ3v) is 4.89. The second-order valence-corrected chi connectivity index (χ2v) is 6.82. The molecule has 2 N–H and O–H groups in total. The Balaban J connectivity index is 1.56. The van der Waals surface area contributed by atoms with E-state index < -0.39 is 0 Å². The minimum atomic E-state index is -0.264. The summed E-state index contributed by atoms with van der Waals surface area (Å²) < 4.78 is 6.67. The molecule has 8 heteroatoms. The molecule has 0 spiro atoms. The van der Waals surface area contributed by atoms with Crippen LogP contribution in [0.4, 0.5) is 5.95 Å². The zero-order valence-electron chi connectivity index (χ0n) is 15.2. The lowest BCUT2D eigenvalue weighted by Gasteiger charge is -2.11. The number of aryl methyl sites for hydroxylation is 2. The van der Waals surface area contributed by atoms with Crippen LogP contribution in [0.1, 0.15) is 43.6 Å². The number of methoxy groups -OCH3 is 1. The number of carbonyl (C=O) groups is 1. The average molecular weight is 359 g/mol. The van der Waals surface area contributed by atoms with E-state index in [4.69, 9.17) is 4.74 Å². The third-order valence-electron chi connectivity index (χ3n) is 4.89. The number of H-pyrrole nitrogens is 1. The SMILES string of the molecule is COc1cn(CC(=O)Nc2n[nH]c(CCC3CCCC3)n2)c(C)cc1=O. The van der Waals surface area contributed by atoms with E-state index in [1.807, 2.05) is 0 Å². The van der Waals surface area contributed by atoms with E-state index in [2.05, 4.69) is 20.5 Å². The number of rotatable bonds is 7. The number of ether oxygens (including phenoxy) is 1. The van der Waals surface area contributed by atoms with Crippen LogP contribution in [0, 0.1) is 12.8 Å². The maximum absolute atomic E-state index is 12.3. The van der Waals surface area contributed by atoms with Gasteiger partial charge in [0.2, 0.25) is 17.3 Å². The van der Waals surface area contributed by atoms with E-state index in [1.165, 1.54) is 45.1 Å². The number of nitrogens with one attached hydrogen (secondary N) is 2. The van der Waals surface area contributed by atoms with Crippen LogP contribution >= 0.6 is 0 Å². The fourth-order valence-corrected chi connectivity index (χ4v) is 3.40. The maximum Gasteiger partial charge on any atom is 0.248 e. The molecule has 0 aromatic carbocycles. The molecule has 0 aliphatic heterocycles. The molecule has 2 aromatic heterocycles. The molecule has 0 saturated heterocycles. The summed E-state index contributed by atoms with van der Waals surface area (Å²) in [6.07, 6.45) is 8.76. The molecule has 140 valence electrons. The smallest absolute Gasteiger partial charge is 0.248 e. The second-order valence-electron chi connectivity index (χ2n) is 6.82. The normalized spacial score (nSPS) is 14.5. The minimum Gasteiger partial charge on any atom is -0.491 e. The fraction of sp³-hybridized carbons (Fsp3) is 0.556. The predicted molar refractivity (Wildman–Crippen MR) is 97.3 cm³/mol. The zero-order valence-corrected chi connectivity index (χ0v) is 15.2. The third kappa shape index (κ3) is 4.50. The van der Waals surface area contributed by atoms with Crippen molar-refractivity contribution in [2.75, 3.05) is 12.4 Å². The van der Waals surface area contributed by atoms with Gasteiger partial charge in [0.1, 0.15) is 12.4 Å².